The van der Waals surface area contributed by atoms with Crippen LogP contribution in [0.15, 0.2) is 11.4 Å². The first-order chi connectivity index (χ1) is 7.01. The molecule has 1 aromatic rings. The van der Waals surface area contributed by atoms with Gasteiger partial charge in [-0.2, -0.15) is 0 Å². The largest absolute Gasteiger partial charge is 0.321 e. The van der Waals surface area contributed by atoms with E-state index >= 15 is 0 Å². The lowest BCUT2D eigenvalue weighted by Crippen LogP contribution is -2.43. The molecule has 15 heavy (non-hydrogen) atoms. The van der Waals surface area contributed by atoms with E-state index < -0.39 is 0 Å². The molecule has 1 aromatic heterocycles. The van der Waals surface area contributed by atoms with Crippen LogP contribution in [-0.2, 0) is 5.54 Å². The van der Waals surface area contributed by atoms with Gasteiger partial charge in [-0.05, 0) is 42.5 Å². The zero-order valence-electron chi connectivity index (χ0n) is 9.29. The second-order valence-electron chi connectivity index (χ2n) is 5.11. The van der Waals surface area contributed by atoms with Crippen LogP contribution in [0, 0.1) is 11.8 Å². The highest BCUT2D eigenvalue weighted by molar-refractivity contribution is 7.10. The molecule has 0 aromatic carbocycles. The summed E-state index contributed by atoms with van der Waals surface area (Å²) in [5, 5.41) is 2.89. The Labute approximate surface area is 101 Å². The van der Waals surface area contributed by atoms with E-state index in [0.29, 0.717) is 11.8 Å². The van der Waals surface area contributed by atoms with Crippen LogP contribution in [0.2, 0.25) is 5.02 Å². The van der Waals surface area contributed by atoms with E-state index in [-0.39, 0.29) is 5.54 Å². The van der Waals surface area contributed by atoms with Gasteiger partial charge in [0.2, 0.25) is 0 Å². The van der Waals surface area contributed by atoms with Crippen molar-refractivity contribution in [3.05, 3.63) is 21.3 Å². The van der Waals surface area contributed by atoms with Crippen LogP contribution in [0.3, 0.4) is 0 Å². The molecule has 1 heterocycles. The zero-order valence-corrected chi connectivity index (χ0v) is 10.9. The van der Waals surface area contributed by atoms with Gasteiger partial charge in [0.15, 0.2) is 0 Å². The summed E-state index contributed by atoms with van der Waals surface area (Å²) in [6.45, 7) is 4.58. The van der Waals surface area contributed by atoms with E-state index in [2.05, 4.69) is 13.8 Å². The third-order valence-corrected chi connectivity index (χ3v) is 4.86. The van der Waals surface area contributed by atoms with Crippen LogP contribution < -0.4 is 5.73 Å². The number of nitrogens with two attached hydrogens (primary N) is 1. The van der Waals surface area contributed by atoms with Gasteiger partial charge in [-0.3, -0.25) is 0 Å². The standard InChI is InChI=1S/C12H18ClNS/c1-8-5-9(2)7-12(14,6-8)11-10(13)3-4-15-11/h3-4,8-9H,5-7,14H2,1-2H3. The molecule has 0 bridgehead atoms. The Morgan fingerprint density at radius 2 is 2.00 bits per heavy atom. The third kappa shape index (κ3) is 2.22. The van der Waals surface area contributed by atoms with E-state index in [1.54, 1.807) is 11.3 Å². The number of halogens is 1. The molecular formula is C12H18ClNS. The van der Waals surface area contributed by atoms with Crippen LogP contribution in [0.5, 0.6) is 0 Å². The molecule has 2 unspecified atom stereocenters. The maximum atomic E-state index is 6.53. The van der Waals surface area contributed by atoms with Crippen molar-refractivity contribution in [3.63, 3.8) is 0 Å². The molecule has 1 nitrogen and oxygen atoms in total. The number of hydrogen-bond acceptors (Lipinski definition) is 2. The predicted molar refractivity (Wildman–Crippen MR) is 67.4 cm³/mol. The predicted octanol–water partition coefficient (Wildman–Crippen LogP) is 4.01. The minimum atomic E-state index is -0.178. The van der Waals surface area contributed by atoms with Gasteiger partial charge < -0.3 is 5.73 Å². The monoisotopic (exact) mass is 243 g/mol. The molecule has 1 saturated carbocycles. The van der Waals surface area contributed by atoms with Crippen molar-refractivity contribution >= 4 is 22.9 Å². The van der Waals surface area contributed by atoms with Gasteiger partial charge in [-0.1, -0.05) is 25.4 Å². The summed E-state index contributed by atoms with van der Waals surface area (Å²) in [6, 6.07) is 1.96. The van der Waals surface area contributed by atoms with E-state index in [0.717, 1.165) is 17.9 Å². The van der Waals surface area contributed by atoms with E-state index in [4.69, 9.17) is 17.3 Å². The van der Waals surface area contributed by atoms with E-state index in [1.165, 1.54) is 11.3 Å². The normalized spacial score (nSPS) is 36.8. The quantitative estimate of drug-likeness (QED) is 0.793. The van der Waals surface area contributed by atoms with Crippen molar-refractivity contribution in [1.29, 1.82) is 0 Å². The molecule has 3 heteroatoms. The average molecular weight is 244 g/mol. The minimum absolute atomic E-state index is 0.178. The Hall–Kier alpha value is -0.0500. The fraction of sp³-hybridized carbons (Fsp3) is 0.667. The minimum Gasteiger partial charge on any atom is -0.321 e. The average Bonchev–Trinajstić information content (AvgIpc) is 2.48. The van der Waals surface area contributed by atoms with Gasteiger partial charge in [0.05, 0.1) is 10.6 Å². The molecule has 84 valence electrons. The lowest BCUT2D eigenvalue weighted by molar-refractivity contribution is 0.187. The van der Waals surface area contributed by atoms with Crippen molar-refractivity contribution < 1.29 is 0 Å². The molecule has 0 spiro atoms. The molecule has 2 atom stereocenters. The fourth-order valence-corrected chi connectivity index (χ4v) is 4.40. The maximum absolute atomic E-state index is 6.53. The van der Waals surface area contributed by atoms with Crippen molar-refractivity contribution in [1.82, 2.24) is 0 Å². The molecule has 2 rings (SSSR count). The second kappa shape index (κ2) is 4.08. The Morgan fingerprint density at radius 3 is 2.47 bits per heavy atom. The number of thiophene rings is 1. The van der Waals surface area contributed by atoms with Gasteiger partial charge in [0.25, 0.3) is 0 Å². The first-order valence-electron chi connectivity index (χ1n) is 5.53. The van der Waals surface area contributed by atoms with Crippen LogP contribution in [0.25, 0.3) is 0 Å². The molecule has 2 N–H and O–H groups in total. The Balaban J connectivity index is 2.29. The second-order valence-corrected chi connectivity index (χ2v) is 6.43. The Morgan fingerprint density at radius 1 is 1.40 bits per heavy atom. The highest BCUT2D eigenvalue weighted by atomic mass is 35.5. The van der Waals surface area contributed by atoms with Crippen LogP contribution in [-0.4, -0.2) is 0 Å². The molecule has 1 aliphatic rings. The summed E-state index contributed by atoms with van der Waals surface area (Å²) in [5.41, 5.74) is 6.35. The van der Waals surface area contributed by atoms with Crippen LogP contribution >= 0.6 is 22.9 Å². The van der Waals surface area contributed by atoms with Gasteiger partial charge in [-0.25, -0.2) is 0 Å². The SMILES string of the molecule is CC1CC(C)CC(N)(c2sccc2Cl)C1. The molecule has 0 amide bonds. The summed E-state index contributed by atoms with van der Waals surface area (Å²) in [6.07, 6.45) is 3.43. The van der Waals surface area contributed by atoms with Gasteiger partial charge in [0, 0.05) is 4.88 Å². The first-order valence-corrected chi connectivity index (χ1v) is 6.79. The molecule has 0 aliphatic heterocycles. The third-order valence-electron chi connectivity index (χ3n) is 3.30. The van der Waals surface area contributed by atoms with Gasteiger partial charge >= 0.3 is 0 Å². The van der Waals surface area contributed by atoms with Gasteiger partial charge in [0.1, 0.15) is 0 Å². The molecular weight excluding hydrogens is 226 g/mol. The Kier molecular flexibility index (Phi) is 3.11. The molecule has 1 aliphatic carbocycles. The maximum Gasteiger partial charge on any atom is 0.0564 e. The molecule has 1 fully saturated rings. The topological polar surface area (TPSA) is 26.0 Å². The molecule has 0 saturated heterocycles. The lowest BCUT2D eigenvalue weighted by Gasteiger charge is -2.39. The zero-order chi connectivity index (χ0) is 11.1. The van der Waals surface area contributed by atoms with Gasteiger partial charge in [-0.15, -0.1) is 11.3 Å². The van der Waals surface area contributed by atoms with Crippen molar-refractivity contribution in [2.24, 2.45) is 17.6 Å². The summed E-state index contributed by atoms with van der Waals surface area (Å²) in [4.78, 5) is 1.18. The number of hydrogen-bond donors (Lipinski definition) is 1. The van der Waals surface area contributed by atoms with Crippen molar-refractivity contribution in [2.45, 2.75) is 38.6 Å². The summed E-state index contributed by atoms with van der Waals surface area (Å²) in [5.74, 6) is 1.41. The smallest absolute Gasteiger partial charge is 0.0564 e. The Bertz CT molecular complexity index is 337. The van der Waals surface area contributed by atoms with E-state index in [9.17, 15) is 0 Å². The summed E-state index contributed by atoms with van der Waals surface area (Å²) in [7, 11) is 0. The summed E-state index contributed by atoms with van der Waals surface area (Å²) < 4.78 is 0. The highest BCUT2D eigenvalue weighted by Gasteiger charge is 2.37. The highest BCUT2D eigenvalue weighted by Crippen LogP contribution is 2.44. The van der Waals surface area contributed by atoms with Crippen LogP contribution in [0.4, 0.5) is 0 Å². The van der Waals surface area contributed by atoms with Crippen LogP contribution in [0.1, 0.15) is 38.0 Å². The molecule has 0 radical (unpaired) electrons. The first kappa shape index (κ1) is 11.4. The lowest BCUT2D eigenvalue weighted by atomic mass is 9.71. The fourth-order valence-electron chi connectivity index (χ4n) is 3.01. The van der Waals surface area contributed by atoms with Crippen molar-refractivity contribution in [2.75, 3.05) is 0 Å². The number of rotatable bonds is 1. The van der Waals surface area contributed by atoms with E-state index in [1.807, 2.05) is 11.4 Å². The summed E-state index contributed by atoms with van der Waals surface area (Å²) >= 11 is 7.89. The van der Waals surface area contributed by atoms with Crippen molar-refractivity contribution in [3.8, 4) is 0 Å².